The first-order valence-electron chi connectivity index (χ1n) is 6.81. The van der Waals surface area contributed by atoms with Crippen LogP contribution in [0.15, 0.2) is 24.5 Å². The maximum Gasteiger partial charge on any atom is 0.334 e. The predicted octanol–water partition coefficient (Wildman–Crippen LogP) is 2.69. The van der Waals surface area contributed by atoms with Gasteiger partial charge in [0.1, 0.15) is 12.9 Å². The van der Waals surface area contributed by atoms with Gasteiger partial charge in [0.2, 0.25) is 0 Å². The number of carbonyl (C=O) groups is 3. The Balaban J connectivity index is 4.85. The average molecular weight is 312 g/mol. The lowest BCUT2D eigenvalue weighted by atomic mass is 9.88. The molecule has 0 unspecified atom stereocenters. The number of hydrogen-bond donors (Lipinski definition) is 1. The first-order valence-corrected chi connectivity index (χ1v) is 6.81. The second kappa shape index (κ2) is 7.77. The zero-order valence-corrected chi connectivity index (χ0v) is 13.8. The van der Waals surface area contributed by atoms with Gasteiger partial charge >= 0.3 is 17.9 Å². The van der Waals surface area contributed by atoms with Crippen LogP contribution in [0.5, 0.6) is 0 Å². The Bertz CT molecular complexity index is 479. The summed E-state index contributed by atoms with van der Waals surface area (Å²) in [5, 5.41) is 9.12. The maximum absolute atomic E-state index is 12.0. The highest BCUT2D eigenvalue weighted by atomic mass is 16.5. The molecule has 0 heterocycles. The number of hydrogen-bond acceptors (Lipinski definition) is 5. The van der Waals surface area contributed by atoms with Crippen molar-refractivity contribution in [3.05, 3.63) is 24.5 Å². The van der Waals surface area contributed by atoms with Gasteiger partial charge in [0, 0.05) is 6.08 Å². The number of ether oxygens (including phenoxy) is 2. The van der Waals surface area contributed by atoms with Crippen molar-refractivity contribution in [3.63, 3.8) is 0 Å². The van der Waals surface area contributed by atoms with Crippen LogP contribution in [-0.4, -0.2) is 29.6 Å². The molecule has 0 amide bonds. The molecule has 0 bridgehead atoms. The first kappa shape index (κ1) is 19.9. The van der Waals surface area contributed by atoms with Gasteiger partial charge in [0.05, 0.1) is 11.0 Å². The summed E-state index contributed by atoms with van der Waals surface area (Å²) in [6, 6.07) is 0. The molecule has 6 nitrogen and oxygen atoms in total. The lowest BCUT2D eigenvalue weighted by Gasteiger charge is -2.21. The van der Waals surface area contributed by atoms with E-state index in [0.717, 1.165) is 12.3 Å². The molecule has 6 heteroatoms. The highest BCUT2D eigenvalue weighted by Crippen LogP contribution is 2.25. The summed E-state index contributed by atoms with van der Waals surface area (Å²) in [4.78, 5) is 34.1. The Morgan fingerprint density at radius 1 is 1.14 bits per heavy atom. The van der Waals surface area contributed by atoms with Crippen LogP contribution in [0.2, 0.25) is 0 Å². The van der Waals surface area contributed by atoms with Gasteiger partial charge in [-0.25, -0.2) is 9.59 Å². The summed E-state index contributed by atoms with van der Waals surface area (Å²) >= 11 is 0. The monoisotopic (exact) mass is 312 g/mol. The minimum atomic E-state index is -1.14. The van der Waals surface area contributed by atoms with Crippen LogP contribution < -0.4 is 0 Å². The molecule has 1 N–H and O–H groups in total. The molecule has 0 aliphatic carbocycles. The summed E-state index contributed by atoms with van der Waals surface area (Å²) in [5.74, 6) is -2.47. The fourth-order valence-electron chi connectivity index (χ4n) is 1.39. The third kappa shape index (κ3) is 7.61. The van der Waals surface area contributed by atoms with Crippen molar-refractivity contribution in [1.82, 2.24) is 0 Å². The maximum atomic E-state index is 12.0. The number of aliphatic carboxylic acids is 1. The van der Waals surface area contributed by atoms with E-state index in [4.69, 9.17) is 14.6 Å². The molecular formula is C16H24O6. The zero-order chi connectivity index (χ0) is 17.6. The van der Waals surface area contributed by atoms with Gasteiger partial charge in [0.25, 0.3) is 0 Å². The molecule has 0 aliphatic rings. The smallest absolute Gasteiger partial charge is 0.334 e. The zero-order valence-electron chi connectivity index (χ0n) is 13.8. The van der Waals surface area contributed by atoms with E-state index in [2.05, 4.69) is 6.58 Å². The second-order valence-corrected chi connectivity index (χ2v) is 6.79. The first-order chi connectivity index (χ1) is 9.89. The predicted molar refractivity (Wildman–Crippen MR) is 80.8 cm³/mol. The van der Waals surface area contributed by atoms with Crippen LogP contribution in [0.3, 0.4) is 0 Å². The van der Waals surface area contributed by atoms with Crippen molar-refractivity contribution in [3.8, 4) is 0 Å². The van der Waals surface area contributed by atoms with E-state index in [1.54, 1.807) is 0 Å². The van der Waals surface area contributed by atoms with E-state index in [1.807, 2.05) is 20.8 Å². The SMILES string of the molecule is C=CC(=O)OCC(C)(C)C(=O)OC=C(CC(C)(C)C)C(=O)O. The molecule has 0 rings (SSSR count). The Morgan fingerprint density at radius 3 is 2.09 bits per heavy atom. The van der Waals surface area contributed by atoms with Gasteiger partial charge in [-0.05, 0) is 25.7 Å². The van der Waals surface area contributed by atoms with Crippen molar-refractivity contribution in [2.24, 2.45) is 10.8 Å². The standard InChI is InChI=1S/C16H24O6/c1-7-12(17)22-10-16(5,6)14(20)21-9-11(13(18)19)8-15(2,3)4/h7,9H,1,8,10H2,2-6H3,(H,18,19). The summed E-state index contributed by atoms with van der Waals surface area (Å²) in [5.41, 5.74) is -1.36. The van der Waals surface area contributed by atoms with Crippen molar-refractivity contribution in [2.75, 3.05) is 6.61 Å². The summed E-state index contributed by atoms with van der Waals surface area (Å²) in [6.07, 6.45) is 2.20. The fourth-order valence-corrected chi connectivity index (χ4v) is 1.39. The van der Waals surface area contributed by atoms with Gasteiger partial charge < -0.3 is 14.6 Å². The van der Waals surface area contributed by atoms with Crippen LogP contribution in [0.25, 0.3) is 0 Å². The van der Waals surface area contributed by atoms with E-state index in [-0.39, 0.29) is 24.0 Å². The molecule has 0 aromatic carbocycles. The van der Waals surface area contributed by atoms with Crippen LogP contribution in [-0.2, 0) is 23.9 Å². The third-order valence-electron chi connectivity index (χ3n) is 2.60. The molecule has 0 aromatic heterocycles. The van der Waals surface area contributed by atoms with Crippen molar-refractivity contribution >= 4 is 17.9 Å². The van der Waals surface area contributed by atoms with E-state index in [0.29, 0.717) is 0 Å². The molecule has 0 radical (unpaired) electrons. The average Bonchev–Trinajstić information content (AvgIpc) is 2.38. The quantitative estimate of drug-likeness (QED) is 0.441. The highest BCUT2D eigenvalue weighted by Gasteiger charge is 2.31. The van der Waals surface area contributed by atoms with Crippen LogP contribution in [0.1, 0.15) is 41.0 Å². The van der Waals surface area contributed by atoms with Gasteiger partial charge in [-0.3, -0.25) is 4.79 Å². The Hall–Kier alpha value is -2.11. The number of esters is 2. The van der Waals surface area contributed by atoms with Gasteiger partial charge in [-0.2, -0.15) is 0 Å². The molecule has 0 spiro atoms. The van der Waals surface area contributed by atoms with Gasteiger partial charge in [0.15, 0.2) is 0 Å². The van der Waals surface area contributed by atoms with Crippen molar-refractivity contribution < 1.29 is 29.0 Å². The van der Waals surface area contributed by atoms with Gasteiger partial charge in [-0.1, -0.05) is 27.4 Å². The summed E-state index contributed by atoms with van der Waals surface area (Å²) in [7, 11) is 0. The number of carboxylic acids is 1. The molecule has 124 valence electrons. The van der Waals surface area contributed by atoms with Gasteiger partial charge in [-0.15, -0.1) is 0 Å². The molecule has 0 aromatic rings. The molecule has 0 fully saturated rings. The van der Waals surface area contributed by atoms with Crippen molar-refractivity contribution in [2.45, 2.75) is 41.0 Å². The van der Waals surface area contributed by atoms with E-state index in [9.17, 15) is 14.4 Å². The van der Waals surface area contributed by atoms with E-state index >= 15 is 0 Å². The number of carboxylic acid groups (broad SMARTS) is 1. The number of rotatable bonds is 7. The second-order valence-electron chi connectivity index (χ2n) is 6.79. The molecular weight excluding hydrogens is 288 g/mol. The number of carbonyl (C=O) groups excluding carboxylic acids is 2. The van der Waals surface area contributed by atoms with E-state index < -0.39 is 23.3 Å². The fraction of sp³-hybridized carbons (Fsp3) is 0.562. The molecule has 0 atom stereocenters. The summed E-state index contributed by atoms with van der Waals surface area (Å²) in [6.45, 7) is 11.8. The topological polar surface area (TPSA) is 89.9 Å². The Labute approximate surface area is 130 Å². The van der Waals surface area contributed by atoms with Crippen LogP contribution in [0, 0.1) is 10.8 Å². The highest BCUT2D eigenvalue weighted by molar-refractivity contribution is 5.87. The van der Waals surface area contributed by atoms with Crippen molar-refractivity contribution in [1.29, 1.82) is 0 Å². The van der Waals surface area contributed by atoms with Crippen LogP contribution >= 0.6 is 0 Å². The Morgan fingerprint density at radius 2 is 1.68 bits per heavy atom. The lowest BCUT2D eigenvalue weighted by Crippen LogP contribution is -2.31. The minimum Gasteiger partial charge on any atom is -0.478 e. The molecule has 22 heavy (non-hydrogen) atoms. The normalized spacial score (nSPS) is 12.5. The lowest BCUT2D eigenvalue weighted by molar-refractivity contribution is -0.155. The largest absolute Gasteiger partial charge is 0.478 e. The summed E-state index contributed by atoms with van der Waals surface area (Å²) < 4.78 is 9.76. The molecule has 0 saturated heterocycles. The van der Waals surface area contributed by atoms with Crippen LogP contribution in [0.4, 0.5) is 0 Å². The minimum absolute atomic E-state index is 0.000244. The molecule has 0 saturated carbocycles. The Kier molecular flexibility index (Phi) is 7.03. The third-order valence-corrected chi connectivity index (χ3v) is 2.60. The van der Waals surface area contributed by atoms with E-state index in [1.165, 1.54) is 13.8 Å². The molecule has 0 aliphatic heterocycles.